The van der Waals surface area contributed by atoms with Crippen LogP contribution in [0.25, 0.3) is 0 Å². The quantitative estimate of drug-likeness (QED) is 0.756. The Morgan fingerprint density at radius 1 is 1.14 bits per heavy atom. The molecule has 82 valence electrons. The molecule has 2 aliphatic rings. The van der Waals surface area contributed by atoms with E-state index in [4.69, 9.17) is 0 Å². The van der Waals surface area contributed by atoms with Gasteiger partial charge < -0.3 is 5.32 Å². The molecule has 1 saturated heterocycles. The van der Waals surface area contributed by atoms with Crippen molar-refractivity contribution in [2.45, 2.75) is 63.3 Å². The molecule has 1 nitrogen and oxygen atoms in total. The molecule has 4 atom stereocenters. The summed E-state index contributed by atoms with van der Waals surface area (Å²) in [5.74, 6) is 2.31. The van der Waals surface area contributed by atoms with Crippen LogP contribution in [0.1, 0.15) is 46.0 Å². The molecule has 1 aliphatic carbocycles. The molecule has 1 heterocycles. The van der Waals surface area contributed by atoms with Crippen LogP contribution < -0.4 is 5.32 Å². The highest BCUT2D eigenvalue weighted by molar-refractivity contribution is 8.00. The van der Waals surface area contributed by atoms with Gasteiger partial charge in [0, 0.05) is 17.3 Å². The van der Waals surface area contributed by atoms with Crippen LogP contribution in [0.3, 0.4) is 0 Å². The van der Waals surface area contributed by atoms with Crippen LogP contribution in [0.2, 0.25) is 0 Å². The molecule has 1 saturated carbocycles. The first kappa shape index (κ1) is 10.8. The molecule has 0 aromatic carbocycles. The molecule has 2 heteroatoms. The highest BCUT2D eigenvalue weighted by atomic mass is 32.2. The van der Waals surface area contributed by atoms with E-state index in [2.05, 4.69) is 30.9 Å². The molecule has 4 unspecified atom stereocenters. The first-order valence-corrected chi connectivity index (χ1v) is 7.18. The van der Waals surface area contributed by atoms with Crippen molar-refractivity contribution in [1.82, 2.24) is 5.32 Å². The molecular weight excluding hydrogens is 190 g/mol. The average Bonchev–Trinajstić information content (AvgIpc) is 2.52. The fourth-order valence-corrected chi connectivity index (χ4v) is 4.05. The molecule has 0 aromatic rings. The normalized spacial score (nSPS) is 44.1. The zero-order valence-electron chi connectivity index (χ0n) is 9.46. The van der Waals surface area contributed by atoms with E-state index in [1.807, 2.05) is 0 Å². The van der Waals surface area contributed by atoms with Crippen molar-refractivity contribution in [3.63, 3.8) is 0 Å². The SMILES string of the molecule is CC1CCCC(NC2CCSC2C)C1. The van der Waals surface area contributed by atoms with E-state index in [-0.39, 0.29) is 0 Å². The van der Waals surface area contributed by atoms with Gasteiger partial charge in [-0.25, -0.2) is 0 Å². The maximum atomic E-state index is 3.88. The van der Waals surface area contributed by atoms with E-state index in [0.717, 1.165) is 23.3 Å². The maximum Gasteiger partial charge on any atom is 0.0194 e. The van der Waals surface area contributed by atoms with Gasteiger partial charge in [0.25, 0.3) is 0 Å². The van der Waals surface area contributed by atoms with E-state index in [0.29, 0.717) is 0 Å². The van der Waals surface area contributed by atoms with Crippen molar-refractivity contribution in [1.29, 1.82) is 0 Å². The molecular formula is C12H23NS. The summed E-state index contributed by atoms with van der Waals surface area (Å²) < 4.78 is 0. The maximum absolute atomic E-state index is 3.88. The summed E-state index contributed by atoms with van der Waals surface area (Å²) >= 11 is 2.13. The fourth-order valence-electron chi connectivity index (χ4n) is 2.84. The second-order valence-electron chi connectivity index (χ2n) is 5.11. The van der Waals surface area contributed by atoms with Gasteiger partial charge in [0.15, 0.2) is 0 Å². The fraction of sp³-hybridized carbons (Fsp3) is 1.00. The number of thioether (sulfide) groups is 1. The topological polar surface area (TPSA) is 12.0 Å². The highest BCUT2D eigenvalue weighted by Gasteiger charge is 2.27. The Kier molecular flexibility index (Phi) is 3.78. The molecule has 14 heavy (non-hydrogen) atoms. The Hall–Kier alpha value is 0.310. The summed E-state index contributed by atoms with van der Waals surface area (Å²) in [5.41, 5.74) is 0. The Morgan fingerprint density at radius 3 is 2.64 bits per heavy atom. The minimum absolute atomic E-state index is 0.801. The summed E-state index contributed by atoms with van der Waals surface area (Å²) in [6, 6.07) is 1.63. The summed E-state index contributed by atoms with van der Waals surface area (Å²) in [6.45, 7) is 4.78. The Bertz CT molecular complexity index is 183. The molecule has 0 bridgehead atoms. The summed E-state index contributed by atoms with van der Waals surface area (Å²) in [4.78, 5) is 0. The van der Waals surface area contributed by atoms with Gasteiger partial charge in [-0.2, -0.15) is 11.8 Å². The molecule has 0 aromatic heterocycles. The molecule has 1 aliphatic heterocycles. The van der Waals surface area contributed by atoms with Gasteiger partial charge in [0.05, 0.1) is 0 Å². The van der Waals surface area contributed by atoms with Gasteiger partial charge in [-0.15, -0.1) is 0 Å². The van der Waals surface area contributed by atoms with Crippen LogP contribution in [-0.2, 0) is 0 Å². The van der Waals surface area contributed by atoms with E-state index in [1.165, 1.54) is 37.9 Å². The molecule has 0 amide bonds. The van der Waals surface area contributed by atoms with Gasteiger partial charge in [0.2, 0.25) is 0 Å². The lowest BCUT2D eigenvalue weighted by Crippen LogP contribution is -2.43. The third-order valence-electron chi connectivity index (χ3n) is 3.76. The second-order valence-corrected chi connectivity index (χ2v) is 6.59. The molecule has 0 spiro atoms. The van der Waals surface area contributed by atoms with E-state index >= 15 is 0 Å². The van der Waals surface area contributed by atoms with Gasteiger partial charge in [0.1, 0.15) is 0 Å². The number of nitrogens with one attached hydrogen (secondary N) is 1. The van der Waals surface area contributed by atoms with Crippen LogP contribution in [0.5, 0.6) is 0 Å². The minimum atomic E-state index is 0.801. The summed E-state index contributed by atoms with van der Waals surface area (Å²) in [7, 11) is 0. The van der Waals surface area contributed by atoms with Crippen LogP contribution >= 0.6 is 11.8 Å². The smallest absolute Gasteiger partial charge is 0.0194 e. The Morgan fingerprint density at radius 2 is 2.00 bits per heavy atom. The third kappa shape index (κ3) is 2.66. The van der Waals surface area contributed by atoms with Crippen LogP contribution in [-0.4, -0.2) is 23.1 Å². The number of rotatable bonds is 2. The standard InChI is InChI=1S/C12H23NS/c1-9-4-3-5-11(8-9)13-12-6-7-14-10(12)2/h9-13H,3-8H2,1-2H3. The van der Waals surface area contributed by atoms with Gasteiger partial charge in [-0.3, -0.25) is 0 Å². The second kappa shape index (κ2) is 4.89. The zero-order valence-corrected chi connectivity index (χ0v) is 10.3. The number of hydrogen-bond donors (Lipinski definition) is 1. The lowest BCUT2D eigenvalue weighted by atomic mass is 9.86. The van der Waals surface area contributed by atoms with Gasteiger partial charge >= 0.3 is 0 Å². The van der Waals surface area contributed by atoms with Gasteiger partial charge in [-0.1, -0.05) is 26.7 Å². The number of hydrogen-bond acceptors (Lipinski definition) is 2. The van der Waals surface area contributed by atoms with E-state index in [1.54, 1.807) is 0 Å². The van der Waals surface area contributed by atoms with E-state index < -0.39 is 0 Å². The monoisotopic (exact) mass is 213 g/mol. The van der Waals surface area contributed by atoms with Crippen molar-refractivity contribution < 1.29 is 0 Å². The highest BCUT2D eigenvalue weighted by Crippen LogP contribution is 2.29. The Labute approximate surface area is 92.4 Å². The average molecular weight is 213 g/mol. The molecule has 2 fully saturated rings. The summed E-state index contributed by atoms with van der Waals surface area (Å²) in [6.07, 6.45) is 7.10. The third-order valence-corrected chi connectivity index (χ3v) is 5.09. The largest absolute Gasteiger partial charge is 0.310 e. The Balaban J connectivity index is 1.78. The molecule has 0 radical (unpaired) electrons. The minimum Gasteiger partial charge on any atom is -0.310 e. The predicted octanol–water partition coefficient (Wildman–Crippen LogP) is 3.05. The lowest BCUT2D eigenvalue weighted by Gasteiger charge is -2.31. The zero-order chi connectivity index (χ0) is 9.97. The van der Waals surface area contributed by atoms with E-state index in [9.17, 15) is 0 Å². The predicted molar refractivity (Wildman–Crippen MR) is 64.9 cm³/mol. The van der Waals surface area contributed by atoms with Crippen LogP contribution in [0.15, 0.2) is 0 Å². The first-order valence-electron chi connectivity index (χ1n) is 6.13. The lowest BCUT2D eigenvalue weighted by molar-refractivity contribution is 0.279. The first-order chi connectivity index (χ1) is 6.75. The molecule has 1 N–H and O–H groups in total. The summed E-state index contributed by atoms with van der Waals surface area (Å²) in [5, 5.41) is 4.72. The van der Waals surface area contributed by atoms with Crippen molar-refractivity contribution in [3.05, 3.63) is 0 Å². The van der Waals surface area contributed by atoms with Crippen molar-refractivity contribution in [2.75, 3.05) is 5.75 Å². The molecule has 2 rings (SSSR count). The van der Waals surface area contributed by atoms with Crippen molar-refractivity contribution in [2.24, 2.45) is 5.92 Å². The van der Waals surface area contributed by atoms with Crippen molar-refractivity contribution >= 4 is 11.8 Å². The van der Waals surface area contributed by atoms with Crippen molar-refractivity contribution in [3.8, 4) is 0 Å². The van der Waals surface area contributed by atoms with Crippen LogP contribution in [0.4, 0.5) is 0 Å². The van der Waals surface area contributed by atoms with Crippen LogP contribution in [0, 0.1) is 5.92 Å². The van der Waals surface area contributed by atoms with Gasteiger partial charge in [-0.05, 0) is 30.9 Å².